The lowest BCUT2D eigenvalue weighted by molar-refractivity contribution is -0.303. The van der Waals surface area contributed by atoms with Gasteiger partial charge in [-0.25, -0.2) is 0 Å². The Balaban J connectivity index is 2.49. The van der Waals surface area contributed by atoms with Crippen LogP contribution < -0.4 is 5.32 Å². The average molecular weight is 922 g/mol. The summed E-state index contributed by atoms with van der Waals surface area (Å²) in [6.45, 7) is 3.01. The van der Waals surface area contributed by atoms with Crippen molar-refractivity contribution in [3.8, 4) is 0 Å². The Kier molecular flexibility index (Phi) is 38.1. The number of nitrogens with one attached hydrogen (secondary N) is 1. The Bertz CT molecular complexity index is 1060. The number of hydrogen-bond acceptors (Lipinski definition) is 13. The number of hydrogen-bond donors (Lipinski definition) is 11. The molecule has 0 saturated carbocycles. The summed E-state index contributed by atoms with van der Waals surface area (Å²) < 4.78 is 10.9. The average Bonchev–Trinajstić information content (AvgIpc) is 3.29. The summed E-state index contributed by atoms with van der Waals surface area (Å²) in [6.07, 6.45) is 18.4. The van der Waals surface area contributed by atoms with Crippen LogP contribution >= 0.6 is 0 Å². The molecule has 0 aromatic rings. The van der Waals surface area contributed by atoms with Crippen molar-refractivity contribution in [1.82, 2.24) is 5.32 Å². The highest BCUT2D eigenvalue weighted by Crippen LogP contribution is 2.24. The highest BCUT2D eigenvalue weighted by atomic mass is 16.7. The predicted molar refractivity (Wildman–Crippen MR) is 251 cm³/mol. The monoisotopic (exact) mass is 922 g/mol. The molecule has 14 heteroatoms. The van der Waals surface area contributed by atoms with Crippen LogP contribution in [-0.2, 0) is 14.3 Å². The van der Waals surface area contributed by atoms with Crippen LogP contribution in [0.1, 0.15) is 226 Å². The second-order valence-corrected chi connectivity index (χ2v) is 19.0. The van der Waals surface area contributed by atoms with Gasteiger partial charge in [-0.2, -0.15) is 0 Å². The Hall–Kier alpha value is -1.01. The molecular formula is C50H99NO13. The Morgan fingerprint density at radius 2 is 0.844 bits per heavy atom. The molecule has 1 amide bonds. The molecule has 11 N–H and O–H groups in total. The maximum atomic E-state index is 13.2. The minimum atomic E-state index is -2.00. The van der Waals surface area contributed by atoms with E-state index in [-0.39, 0.29) is 12.8 Å². The zero-order valence-corrected chi connectivity index (χ0v) is 40.4. The van der Waals surface area contributed by atoms with E-state index in [0.29, 0.717) is 12.8 Å². The maximum absolute atomic E-state index is 13.2. The molecule has 1 aliphatic heterocycles. The fourth-order valence-electron chi connectivity index (χ4n) is 8.69. The van der Waals surface area contributed by atoms with Crippen LogP contribution in [0.25, 0.3) is 0 Å². The number of rotatable bonds is 44. The number of unbranched alkanes of at least 4 members (excludes halogenated alkanes) is 29. The molecule has 1 rings (SSSR count). The van der Waals surface area contributed by atoms with Gasteiger partial charge in [0.2, 0.25) is 0 Å². The summed E-state index contributed by atoms with van der Waals surface area (Å²) in [4.78, 5) is 13.2. The van der Waals surface area contributed by atoms with E-state index in [1.165, 1.54) is 135 Å². The molecule has 0 aliphatic carbocycles. The van der Waals surface area contributed by atoms with Crippen molar-refractivity contribution in [3.05, 3.63) is 0 Å². The van der Waals surface area contributed by atoms with Gasteiger partial charge in [0.25, 0.3) is 5.91 Å². The van der Waals surface area contributed by atoms with Crippen molar-refractivity contribution in [2.75, 3.05) is 13.2 Å². The largest absolute Gasteiger partial charge is 0.394 e. The third kappa shape index (κ3) is 27.7. The van der Waals surface area contributed by atoms with Gasteiger partial charge >= 0.3 is 0 Å². The van der Waals surface area contributed by atoms with E-state index in [9.17, 15) is 55.9 Å². The molecule has 0 radical (unpaired) electrons. The molecule has 64 heavy (non-hydrogen) atoms. The molecule has 0 unspecified atom stereocenters. The lowest BCUT2D eigenvalue weighted by Crippen LogP contribution is -2.61. The molecule has 1 saturated heterocycles. The molecule has 0 spiro atoms. The molecule has 0 bridgehead atoms. The molecule has 12 atom stereocenters. The van der Waals surface area contributed by atoms with Gasteiger partial charge in [-0.3, -0.25) is 4.79 Å². The number of aliphatic hydroxyl groups excluding tert-OH is 10. The summed E-state index contributed by atoms with van der Waals surface area (Å²) >= 11 is 0. The zero-order valence-electron chi connectivity index (χ0n) is 40.4. The van der Waals surface area contributed by atoms with Gasteiger partial charge in [0, 0.05) is 0 Å². The summed E-state index contributed by atoms with van der Waals surface area (Å²) in [7, 11) is 0. The van der Waals surface area contributed by atoms with Crippen molar-refractivity contribution < 1.29 is 65.3 Å². The fraction of sp³-hybridized carbons (Fsp3) is 0.980. The van der Waals surface area contributed by atoms with Crippen molar-refractivity contribution in [3.63, 3.8) is 0 Å². The first-order valence-electron chi connectivity index (χ1n) is 26.2. The normalized spacial score (nSPS) is 22.5. The summed E-state index contributed by atoms with van der Waals surface area (Å²) in [5, 5.41) is 108. The van der Waals surface area contributed by atoms with Crippen LogP contribution in [0.3, 0.4) is 0 Å². The summed E-state index contributed by atoms with van der Waals surface area (Å²) in [5.74, 6) is -1.09. The number of amides is 1. The summed E-state index contributed by atoms with van der Waals surface area (Å²) in [5.41, 5.74) is 0. The molecule has 14 nitrogen and oxygen atoms in total. The second-order valence-electron chi connectivity index (χ2n) is 19.0. The standard InChI is InChI=1S/C50H99NO13/c1-3-5-7-9-11-13-15-16-17-18-19-20-21-22-23-24-25-27-29-31-33-35-40(54)44(57)49(62)51-38(37-63-50-48(61)47(60)45(58)41(36-52)64-50)42(55)46(59)43(56)39(53)34-32-30-28-26-14-12-10-8-6-4-2/h38-48,50,52-61H,3-37H2,1-2H3,(H,51,62)/t38-,39-,40+,41+,42-,43-,44+,45-,46-,47-,48+,50-/m0/s1. The van der Waals surface area contributed by atoms with Crippen LogP contribution in [0.4, 0.5) is 0 Å². The quantitative estimate of drug-likeness (QED) is 0.0298. The van der Waals surface area contributed by atoms with E-state index in [1.54, 1.807) is 0 Å². The van der Waals surface area contributed by atoms with Crippen molar-refractivity contribution in [1.29, 1.82) is 0 Å². The molecule has 0 aromatic carbocycles. The molecule has 1 fully saturated rings. The molecular weight excluding hydrogens is 823 g/mol. The van der Waals surface area contributed by atoms with Crippen molar-refractivity contribution >= 4 is 5.91 Å². The lowest BCUT2D eigenvalue weighted by Gasteiger charge is -2.40. The SMILES string of the molecule is CCCCCCCCCCCCCCCCCCCCCCC[C@@H](O)[C@@H](O)C(=O)N[C@@H](CO[C@H]1O[C@H](CO)[C@H](O)[C@H](O)[C@H]1O)[C@H](O)[C@H](O)[C@@H](O)[C@@H](O)CCCCCCCCCCCC. The van der Waals surface area contributed by atoms with Gasteiger partial charge in [-0.1, -0.05) is 213 Å². The van der Waals surface area contributed by atoms with Crippen LogP contribution in [-0.4, -0.2) is 144 Å². The first kappa shape index (κ1) is 61.0. The fourth-order valence-corrected chi connectivity index (χ4v) is 8.69. The van der Waals surface area contributed by atoms with E-state index < -0.39 is 92.5 Å². The lowest BCUT2D eigenvalue weighted by atomic mass is 9.94. The minimum Gasteiger partial charge on any atom is -0.394 e. The molecule has 0 aromatic heterocycles. The van der Waals surface area contributed by atoms with Crippen LogP contribution in [0, 0.1) is 0 Å². The molecule has 1 heterocycles. The Morgan fingerprint density at radius 3 is 1.22 bits per heavy atom. The number of carbonyl (C=O) groups is 1. The van der Waals surface area contributed by atoms with Crippen LogP contribution in [0.2, 0.25) is 0 Å². The van der Waals surface area contributed by atoms with Gasteiger partial charge in [0.1, 0.15) is 42.7 Å². The number of aliphatic hydroxyl groups is 10. The Morgan fingerprint density at radius 1 is 0.484 bits per heavy atom. The topological polar surface area (TPSA) is 250 Å². The van der Waals surface area contributed by atoms with Crippen LogP contribution in [0.5, 0.6) is 0 Å². The maximum Gasteiger partial charge on any atom is 0.251 e. The third-order valence-corrected chi connectivity index (χ3v) is 13.2. The first-order valence-corrected chi connectivity index (χ1v) is 26.2. The molecule has 382 valence electrons. The minimum absolute atomic E-state index is 0.148. The van der Waals surface area contributed by atoms with Gasteiger partial charge in [-0.15, -0.1) is 0 Å². The van der Waals surface area contributed by atoms with E-state index in [1.807, 2.05) is 0 Å². The second kappa shape index (κ2) is 39.9. The van der Waals surface area contributed by atoms with Gasteiger partial charge in [0.05, 0.1) is 31.5 Å². The number of ether oxygens (including phenoxy) is 2. The highest BCUT2D eigenvalue weighted by molar-refractivity contribution is 5.81. The van der Waals surface area contributed by atoms with Gasteiger partial charge < -0.3 is 65.9 Å². The zero-order chi connectivity index (χ0) is 47.4. The smallest absolute Gasteiger partial charge is 0.251 e. The van der Waals surface area contributed by atoms with Crippen LogP contribution in [0.15, 0.2) is 0 Å². The van der Waals surface area contributed by atoms with Gasteiger partial charge in [0.15, 0.2) is 12.4 Å². The molecule has 1 aliphatic rings. The number of carbonyl (C=O) groups excluding carboxylic acids is 1. The van der Waals surface area contributed by atoms with Gasteiger partial charge in [-0.05, 0) is 12.8 Å². The highest BCUT2D eigenvalue weighted by Gasteiger charge is 2.45. The van der Waals surface area contributed by atoms with Crippen molar-refractivity contribution in [2.45, 2.75) is 299 Å². The third-order valence-electron chi connectivity index (χ3n) is 13.2. The van der Waals surface area contributed by atoms with Crippen molar-refractivity contribution in [2.24, 2.45) is 0 Å². The Labute approximate surface area is 387 Å². The predicted octanol–water partition coefficient (Wildman–Crippen LogP) is 6.37. The van der Waals surface area contributed by atoms with E-state index in [0.717, 1.165) is 51.4 Å². The first-order chi connectivity index (χ1) is 30.9. The van der Waals surface area contributed by atoms with E-state index in [4.69, 9.17) is 9.47 Å². The summed E-state index contributed by atoms with van der Waals surface area (Å²) in [6, 6.07) is -1.58. The van der Waals surface area contributed by atoms with E-state index >= 15 is 0 Å². The van der Waals surface area contributed by atoms with E-state index in [2.05, 4.69) is 19.2 Å².